The summed E-state index contributed by atoms with van der Waals surface area (Å²) in [6.07, 6.45) is 1.89. The molecule has 1 atom stereocenters. The van der Waals surface area contributed by atoms with Gasteiger partial charge in [0, 0.05) is 28.3 Å². The lowest BCUT2D eigenvalue weighted by atomic mass is 10.0. The lowest BCUT2D eigenvalue weighted by Crippen LogP contribution is -2.21. The zero-order valence-corrected chi connectivity index (χ0v) is 13.3. The maximum atomic E-state index is 10.7. The highest BCUT2D eigenvalue weighted by Crippen LogP contribution is 2.28. The third-order valence-electron chi connectivity index (χ3n) is 3.34. The monoisotopic (exact) mass is 348 g/mol. The van der Waals surface area contributed by atoms with Crippen molar-refractivity contribution >= 4 is 27.3 Å². The third kappa shape index (κ3) is 4.29. The Bertz CT molecular complexity index is 617. The Hall–Kier alpha value is -1.88. The van der Waals surface area contributed by atoms with Crippen LogP contribution in [0.2, 0.25) is 0 Å². The molecule has 0 amide bonds. The summed E-state index contributed by atoms with van der Waals surface area (Å²) in [5.74, 6) is 0. The van der Waals surface area contributed by atoms with Gasteiger partial charge in [0.2, 0.25) is 0 Å². The molecular weight excluding hydrogens is 332 g/mol. The van der Waals surface area contributed by atoms with Crippen molar-refractivity contribution in [2.75, 3.05) is 5.32 Å². The van der Waals surface area contributed by atoms with Crippen LogP contribution >= 0.6 is 15.9 Å². The lowest BCUT2D eigenvalue weighted by molar-refractivity contribution is -0.384. The second-order valence-electron chi connectivity index (χ2n) is 4.86. The first-order valence-corrected chi connectivity index (χ1v) is 7.64. The van der Waals surface area contributed by atoms with E-state index in [0.29, 0.717) is 4.47 Å². The zero-order valence-electron chi connectivity index (χ0n) is 11.8. The molecule has 1 unspecified atom stereocenters. The van der Waals surface area contributed by atoms with Gasteiger partial charge >= 0.3 is 0 Å². The molecule has 0 saturated carbocycles. The van der Waals surface area contributed by atoms with Crippen LogP contribution in [0.5, 0.6) is 0 Å². The van der Waals surface area contributed by atoms with Crippen LogP contribution in [-0.2, 0) is 6.42 Å². The van der Waals surface area contributed by atoms with E-state index >= 15 is 0 Å². The van der Waals surface area contributed by atoms with E-state index in [9.17, 15) is 10.1 Å². The SMILES string of the molecule is CCC(Cc1ccccc1)Nc1ccc([N+](=O)[O-])cc1Br. The predicted octanol–water partition coefficient (Wildman–Crippen LogP) is 4.79. The average Bonchev–Trinajstić information content (AvgIpc) is 2.49. The highest BCUT2D eigenvalue weighted by Gasteiger charge is 2.12. The van der Waals surface area contributed by atoms with Crippen molar-refractivity contribution < 1.29 is 4.92 Å². The smallest absolute Gasteiger partial charge is 0.270 e. The Morgan fingerprint density at radius 1 is 1.24 bits per heavy atom. The van der Waals surface area contributed by atoms with Gasteiger partial charge in [-0.15, -0.1) is 0 Å². The van der Waals surface area contributed by atoms with Gasteiger partial charge in [-0.3, -0.25) is 10.1 Å². The molecule has 0 bridgehead atoms. The van der Waals surface area contributed by atoms with Crippen LogP contribution in [0, 0.1) is 10.1 Å². The molecule has 110 valence electrons. The van der Waals surface area contributed by atoms with Gasteiger partial charge in [0.05, 0.1) is 4.92 Å². The molecule has 0 saturated heterocycles. The summed E-state index contributed by atoms with van der Waals surface area (Å²) >= 11 is 3.39. The largest absolute Gasteiger partial charge is 0.381 e. The van der Waals surface area contributed by atoms with E-state index in [1.165, 1.54) is 17.7 Å². The van der Waals surface area contributed by atoms with Crippen LogP contribution in [0.3, 0.4) is 0 Å². The summed E-state index contributed by atoms with van der Waals surface area (Å²) in [5.41, 5.74) is 2.24. The lowest BCUT2D eigenvalue weighted by Gasteiger charge is -2.19. The molecule has 2 rings (SSSR count). The maximum Gasteiger partial charge on any atom is 0.270 e. The van der Waals surface area contributed by atoms with Crippen molar-refractivity contribution in [2.24, 2.45) is 0 Å². The summed E-state index contributed by atoms with van der Waals surface area (Å²) in [6.45, 7) is 2.12. The molecule has 0 aliphatic heterocycles. The Labute approximate surface area is 132 Å². The Morgan fingerprint density at radius 2 is 1.95 bits per heavy atom. The molecule has 2 aromatic rings. The number of non-ortho nitro benzene ring substituents is 1. The first-order valence-electron chi connectivity index (χ1n) is 6.84. The van der Waals surface area contributed by atoms with E-state index in [1.54, 1.807) is 6.07 Å². The predicted molar refractivity (Wildman–Crippen MR) is 88.6 cm³/mol. The first kappa shape index (κ1) is 15.5. The van der Waals surface area contributed by atoms with Crippen LogP contribution in [0.1, 0.15) is 18.9 Å². The van der Waals surface area contributed by atoms with E-state index in [4.69, 9.17) is 0 Å². The highest BCUT2D eigenvalue weighted by atomic mass is 79.9. The minimum atomic E-state index is -0.393. The van der Waals surface area contributed by atoms with Crippen molar-refractivity contribution in [2.45, 2.75) is 25.8 Å². The molecule has 0 aromatic heterocycles. The summed E-state index contributed by atoms with van der Waals surface area (Å²) in [5, 5.41) is 14.2. The standard InChI is InChI=1S/C16H17BrN2O2/c1-2-13(10-12-6-4-3-5-7-12)18-16-9-8-14(19(20)21)11-15(16)17/h3-9,11,13,18H,2,10H2,1H3. The number of hydrogen-bond donors (Lipinski definition) is 1. The Morgan fingerprint density at radius 3 is 2.52 bits per heavy atom. The van der Waals surface area contributed by atoms with Crippen LogP contribution < -0.4 is 5.32 Å². The number of rotatable bonds is 6. The van der Waals surface area contributed by atoms with Gasteiger partial charge in [-0.05, 0) is 40.4 Å². The van der Waals surface area contributed by atoms with Crippen LogP contribution in [-0.4, -0.2) is 11.0 Å². The van der Waals surface area contributed by atoms with Crippen molar-refractivity contribution in [3.8, 4) is 0 Å². The molecular formula is C16H17BrN2O2. The van der Waals surface area contributed by atoms with E-state index < -0.39 is 4.92 Å². The number of halogens is 1. The minimum Gasteiger partial charge on any atom is -0.381 e. The molecule has 0 radical (unpaired) electrons. The van der Waals surface area contributed by atoms with Gasteiger partial charge in [0.25, 0.3) is 5.69 Å². The molecule has 2 aromatic carbocycles. The van der Waals surface area contributed by atoms with Crippen molar-refractivity contribution in [3.05, 3.63) is 68.7 Å². The molecule has 0 spiro atoms. The van der Waals surface area contributed by atoms with Crippen LogP contribution in [0.25, 0.3) is 0 Å². The maximum absolute atomic E-state index is 10.7. The quantitative estimate of drug-likeness (QED) is 0.603. The number of nitro benzene ring substituents is 1. The zero-order chi connectivity index (χ0) is 15.2. The van der Waals surface area contributed by atoms with Crippen LogP contribution in [0.15, 0.2) is 53.0 Å². The number of hydrogen-bond acceptors (Lipinski definition) is 3. The van der Waals surface area contributed by atoms with Gasteiger partial charge in [-0.2, -0.15) is 0 Å². The average molecular weight is 349 g/mol. The van der Waals surface area contributed by atoms with Gasteiger partial charge < -0.3 is 5.32 Å². The number of nitro groups is 1. The van der Waals surface area contributed by atoms with Gasteiger partial charge in [0.1, 0.15) is 0 Å². The molecule has 0 aliphatic rings. The van der Waals surface area contributed by atoms with E-state index in [2.05, 4.69) is 40.3 Å². The fourth-order valence-electron chi connectivity index (χ4n) is 2.15. The van der Waals surface area contributed by atoms with Gasteiger partial charge in [0.15, 0.2) is 0 Å². The fourth-order valence-corrected chi connectivity index (χ4v) is 2.63. The molecule has 5 heteroatoms. The first-order chi connectivity index (χ1) is 10.1. The minimum absolute atomic E-state index is 0.0866. The molecule has 0 heterocycles. The molecule has 1 N–H and O–H groups in total. The van der Waals surface area contributed by atoms with Crippen molar-refractivity contribution in [1.82, 2.24) is 0 Å². The number of nitrogens with one attached hydrogen (secondary N) is 1. The Balaban J connectivity index is 2.10. The normalized spacial score (nSPS) is 11.9. The van der Waals surface area contributed by atoms with Crippen molar-refractivity contribution in [3.63, 3.8) is 0 Å². The molecule has 4 nitrogen and oxygen atoms in total. The fraction of sp³-hybridized carbons (Fsp3) is 0.250. The van der Waals surface area contributed by atoms with Crippen LogP contribution in [0.4, 0.5) is 11.4 Å². The van der Waals surface area contributed by atoms with E-state index in [0.717, 1.165) is 18.5 Å². The topological polar surface area (TPSA) is 55.2 Å². The second kappa shape index (κ2) is 7.22. The summed E-state index contributed by atoms with van der Waals surface area (Å²) < 4.78 is 0.711. The summed E-state index contributed by atoms with van der Waals surface area (Å²) in [4.78, 5) is 10.4. The summed E-state index contributed by atoms with van der Waals surface area (Å²) in [7, 11) is 0. The number of anilines is 1. The second-order valence-corrected chi connectivity index (χ2v) is 5.71. The van der Waals surface area contributed by atoms with Gasteiger partial charge in [-0.25, -0.2) is 0 Å². The Kier molecular flexibility index (Phi) is 5.33. The highest BCUT2D eigenvalue weighted by molar-refractivity contribution is 9.10. The van der Waals surface area contributed by atoms with E-state index in [-0.39, 0.29) is 11.7 Å². The molecule has 21 heavy (non-hydrogen) atoms. The summed E-state index contributed by atoms with van der Waals surface area (Å²) in [6, 6.07) is 15.4. The van der Waals surface area contributed by atoms with Crippen molar-refractivity contribution in [1.29, 1.82) is 0 Å². The number of benzene rings is 2. The molecule has 0 fully saturated rings. The molecule has 0 aliphatic carbocycles. The number of nitrogens with zero attached hydrogens (tertiary/aromatic N) is 1. The van der Waals surface area contributed by atoms with Gasteiger partial charge in [-0.1, -0.05) is 37.3 Å². The third-order valence-corrected chi connectivity index (χ3v) is 4.00. The van der Waals surface area contributed by atoms with E-state index in [1.807, 2.05) is 18.2 Å².